The van der Waals surface area contributed by atoms with Crippen LogP contribution in [0.1, 0.15) is 23.6 Å². The number of rotatable bonds is 4. The average Bonchev–Trinajstić information content (AvgIpc) is 3.09. The zero-order valence-corrected chi connectivity index (χ0v) is 13.2. The van der Waals surface area contributed by atoms with E-state index in [1.807, 2.05) is 24.3 Å². The SMILES string of the molecule is O=C1C[C@H](c2ccccc2OCc2ccc(F)cc2)n2ncnc2N1. The van der Waals surface area contributed by atoms with Crippen molar-refractivity contribution in [2.45, 2.75) is 19.1 Å². The number of carbonyl (C=O) groups is 1. The summed E-state index contributed by atoms with van der Waals surface area (Å²) in [7, 11) is 0. The first kappa shape index (κ1) is 15.3. The van der Waals surface area contributed by atoms with E-state index in [2.05, 4.69) is 15.4 Å². The first-order valence-corrected chi connectivity index (χ1v) is 7.86. The maximum atomic E-state index is 13.0. The fourth-order valence-electron chi connectivity index (χ4n) is 2.88. The normalized spacial score (nSPS) is 16.2. The van der Waals surface area contributed by atoms with Gasteiger partial charge in [-0.3, -0.25) is 10.1 Å². The lowest BCUT2D eigenvalue weighted by Crippen LogP contribution is -2.29. The lowest BCUT2D eigenvalue weighted by atomic mass is 10.0. The molecule has 1 amide bonds. The molecule has 0 saturated heterocycles. The largest absolute Gasteiger partial charge is 0.489 e. The fraction of sp³-hybridized carbons (Fsp3) is 0.167. The van der Waals surface area contributed by atoms with Crippen molar-refractivity contribution in [2.75, 3.05) is 5.32 Å². The van der Waals surface area contributed by atoms with Gasteiger partial charge >= 0.3 is 0 Å². The highest BCUT2D eigenvalue weighted by Crippen LogP contribution is 2.34. The lowest BCUT2D eigenvalue weighted by molar-refractivity contribution is -0.117. The van der Waals surface area contributed by atoms with Crippen LogP contribution in [-0.4, -0.2) is 20.7 Å². The van der Waals surface area contributed by atoms with E-state index in [-0.39, 0.29) is 24.2 Å². The van der Waals surface area contributed by atoms with E-state index >= 15 is 0 Å². The van der Waals surface area contributed by atoms with E-state index in [1.165, 1.54) is 18.5 Å². The summed E-state index contributed by atoms with van der Waals surface area (Å²) in [4.78, 5) is 16.0. The van der Waals surface area contributed by atoms with Crippen LogP contribution in [-0.2, 0) is 11.4 Å². The number of ether oxygens (including phenoxy) is 1. The molecule has 0 radical (unpaired) electrons. The summed E-state index contributed by atoms with van der Waals surface area (Å²) in [6.45, 7) is 0.306. The van der Waals surface area contributed by atoms with Crippen LogP contribution in [0.2, 0.25) is 0 Å². The van der Waals surface area contributed by atoms with Gasteiger partial charge in [0, 0.05) is 5.56 Å². The maximum absolute atomic E-state index is 13.0. The summed E-state index contributed by atoms with van der Waals surface area (Å²) in [6, 6.07) is 13.4. The number of fused-ring (bicyclic) bond motifs is 1. The molecule has 0 spiro atoms. The third-order valence-corrected chi connectivity index (χ3v) is 4.08. The Hall–Kier alpha value is -3.22. The van der Waals surface area contributed by atoms with Crippen molar-refractivity contribution in [2.24, 2.45) is 0 Å². The number of nitrogens with one attached hydrogen (secondary N) is 1. The van der Waals surface area contributed by atoms with Gasteiger partial charge in [0.2, 0.25) is 11.9 Å². The third-order valence-electron chi connectivity index (χ3n) is 4.08. The highest BCUT2D eigenvalue weighted by atomic mass is 19.1. The smallest absolute Gasteiger partial charge is 0.229 e. The van der Waals surface area contributed by atoms with Gasteiger partial charge in [0.05, 0.1) is 12.5 Å². The van der Waals surface area contributed by atoms with Gasteiger partial charge in [-0.15, -0.1) is 0 Å². The highest BCUT2D eigenvalue weighted by Gasteiger charge is 2.29. The second kappa shape index (κ2) is 6.35. The van der Waals surface area contributed by atoms with Crippen LogP contribution in [0.4, 0.5) is 10.3 Å². The summed E-state index contributed by atoms with van der Waals surface area (Å²) in [5.41, 5.74) is 1.71. The van der Waals surface area contributed by atoms with E-state index in [0.717, 1.165) is 11.1 Å². The van der Waals surface area contributed by atoms with E-state index in [9.17, 15) is 9.18 Å². The zero-order chi connectivity index (χ0) is 17.2. The van der Waals surface area contributed by atoms with Crippen LogP contribution in [0.3, 0.4) is 0 Å². The minimum absolute atomic E-state index is 0.112. The average molecular weight is 338 g/mol. The topological polar surface area (TPSA) is 69.0 Å². The van der Waals surface area contributed by atoms with Crippen LogP contribution in [0, 0.1) is 5.82 Å². The number of anilines is 1. The maximum Gasteiger partial charge on any atom is 0.229 e. The molecule has 6 nitrogen and oxygen atoms in total. The van der Waals surface area contributed by atoms with Crippen LogP contribution < -0.4 is 10.1 Å². The van der Waals surface area contributed by atoms with Gasteiger partial charge in [-0.1, -0.05) is 30.3 Å². The molecule has 0 saturated carbocycles. The number of halogens is 1. The van der Waals surface area contributed by atoms with Crippen molar-refractivity contribution in [3.8, 4) is 5.75 Å². The van der Waals surface area contributed by atoms with E-state index < -0.39 is 0 Å². The number of para-hydroxylation sites is 1. The Labute approximate surface area is 143 Å². The highest BCUT2D eigenvalue weighted by molar-refractivity contribution is 5.91. The van der Waals surface area contributed by atoms with Crippen molar-refractivity contribution in [1.82, 2.24) is 14.8 Å². The van der Waals surface area contributed by atoms with Crippen LogP contribution in [0.25, 0.3) is 0 Å². The molecule has 0 bridgehead atoms. The monoisotopic (exact) mass is 338 g/mol. The van der Waals surface area contributed by atoms with Crippen molar-refractivity contribution in [1.29, 1.82) is 0 Å². The van der Waals surface area contributed by atoms with Gasteiger partial charge in [0.1, 0.15) is 24.5 Å². The second-order valence-corrected chi connectivity index (χ2v) is 5.75. The summed E-state index contributed by atoms with van der Waals surface area (Å²) >= 11 is 0. The molecular formula is C18H15FN4O2. The molecular weight excluding hydrogens is 323 g/mol. The van der Waals surface area contributed by atoms with Gasteiger partial charge in [-0.25, -0.2) is 9.07 Å². The fourth-order valence-corrected chi connectivity index (χ4v) is 2.88. The molecule has 0 aliphatic carbocycles. The summed E-state index contributed by atoms with van der Waals surface area (Å²) in [5.74, 6) is 0.692. The Balaban J connectivity index is 1.61. The number of benzene rings is 2. The van der Waals surface area contributed by atoms with Crippen molar-refractivity contribution in [3.63, 3.8) is 0 Å². The quantitative estimate of drug-likeness (QED) is 0.794. The first-order chi connectivity index (χ1) is 12.2. The van der Waals surface area contributed by atoms with Crippen molar-refractivity contribution >= 4 is 11.9 Å². The molecule has 1 aliphatic rings. The third kappa shape index (κ3) is 3.08. The molecule has 1 atom stereocenters. The predicted octanol–water partition coefficient (Wildman–Crippen LogP) is 2.93. The molecule has 126 valence electrons. The standard InChI is InChI=1S/C18H15FN4O2/c19-13-7-5-12(6-8-13)10-25-16-4-2-1-3-14(16)15-9-17(24)22-18-20-11-21-23(15)18/h1-8,11,15H,9-10H2,(H,20,21,22,24)/t15-/m1/s1. The van der Waals surface area contributed by atoms with Crippen LogP contribution in [0.5, 0.6) is 5.75 Å². The molecule has 25 heavy (non-hydrogen) atoms. The van der Waals surface area contributed by atoms with E-state index in [4.69, 9.17) is 4.74 Å². The van der Waals surface area contributed by atoms with Crippen LogP contribution >= 0.6 is 0 Å². The Morgan fingerprint density at radius 2 is 2.00 bits per heavy atom. The number of hydrogen-bond acceptors (Lipinski definition) is 4. The molecule has 4 rings (SSSR count). The molecule has 0 fully saturated rings. The van der Waals surface area contributed by atoms with Gasteiger partial charge in [-0.05, 0) is 23.8 Å². The lowest BCUT2D eigenvalue weighted by Gasteiger charge is -2.25. The van der Waals surface area contributed by atoms with Gasteiger partial charge in [-0.2, -0.15) is 10.1 Å². The Morgan fingerprint density at radius 3 is 2.84 bits per heavy atom. The number of carbonyl (C=O) groups excluding carboxylic acids is 1. The first-order valence-electron chi connectivity index (χ1n) is 7.86. The second-order valence-electron chi connectivity index (χ2n) is 5.75. The Kier molecular flexibility index (Phi) is 3.89. The summed E-state index contributed by atoms with van der Waals surface area (Å²) < 4.78 is 20.6. The summed E-state index contributed by atoms with van der Waals surface area (Å²) in [5, 5.41) is 6.91. The van der Waals surface area contributed by atoms with Crippen LogP contribution in [0.15, 0.2) is 54.9 Å². The number of amides is 1. The molecule has 2 heterocycles. The summed E-state index contributed by atoms with van der Waals surface area (Å²) in [6.07, 6.45) is 1.67. The molecule has 1 aromatic heterocycles. The molecule has 1 N–H and O–H groups in total. The van der Waals surface area contributed by atoms with E-state index in [1.54, 1.807) is 16.8 Å². The molecule has 0 unspecified atom stereocenters. The van der Waals surface area contributed by atoms with Gasteiger partial charge in [0.15, 0.2) is 0 Å². The number of nitrogens with zero attached hydrogens (tertiary/aromatic N) is 3. The van der Waals surface area contributed by atoms with E-state index in [0.29, 0.717) is 18.3 Å². The predicted molar refractivity (Wildman–Crippen MR) is 88.6 cm³/mol. The number of aromatic nitrogens is 3. The zero-order valence-electron chi connectivity index (χ0n) is 13.2. The van der Waals surface area contributed by atoms with Crippen molar-refractivity contribution < 1.29 is 13.9 Å². The molecule has 1 aliphatic heterocycles. The number of hydrogen-bond donors (Lipinski definition) is 1. The minimum atomic E-state index is -0.282. The molecule has 7 heteroatoms. The van der Waals surface area contributed by atoms with Crippen molar-refractivity contribution in [3.05, 3.63) is 71.8 Å². The van der Waals surface area contributed by atoms with Gasteiger partial charge < -0.3 is 4.74 Å². The molecule has 2 aromatic carbocycles. The van der Waals surface area contributed by atoms with Gasteiger partial charge in [0.25, 0.3) is 0 Å². The Bertz CT molecular complexity index is 907. The minimum Gasteiger partial charge on any atom is -0.489 e. The Morgan fingerprint density at radius 1 is 1.20 bits per heavy atom. The molecule has 3 aromatic rings.